The van der Waals surface area contributed by atoms with Crippen molar-refractivity contribution in [1.29, 1.82) is 0 Å². The Bertz CT molecular complexity index is 436. The van der Waals surface area contributed by atoms with Gasteiger partial charge in [-0.05, 0) is 34.8 Å². The van der Waals surface area contributed by atoms with E-state index in [-0.39, 0.29) is 22.4 Å². The molecule has 1 heterocycles. The van der Waals surface area contributed by atoms with E-state index in [9.17, 15) is 4.79 Å². The van der Waals surface area contributed by atoms with Crippen LogP contribution in [-0.2, 0) is 0 Å². The van der Waals surface area contributed by atoms with E-state index in [0.29, 0.717) is 3.70 Å². The standard InChI is InChI=1S/C6H7IN6OS/c7-2-4(9)12-3(8)1(11-2)5(14)13-6(10)15/h(H4,8,9,12)(H3,10,13,14,15). The number of hydrogen-bond acceptors (Lipinski definition) is 6. The van der Waals surface area contributed by atoms with E-state index in [1.807, 2.05) is 22.6 Å². The van der Waals surface area contributed by atoms with Crippen LogP contribution in [0, 0.1) is 3.70 Å². The van der Waals surface area contributed by atoms with Crippen molar-refractivity contribution in [3.8, 4) is 0 Å². The molecule has 0 bridgehead atoms. The van der Waals surface area contributed by atoms with Gasteiger partial charge in [-0.3, -0.25) is 10.1 Å². The third-order valence-electron chi connectivity index (χ3n) is 1.36. The van der Waals surface area contributed by atoms with Gasteiger partial charge in [-0.15, -0.1) is 0 Å². The molecule has 9 heteroatoms. The van der Waals surface area contributed by atoms with Gasteiger partial charge < -0.3 is 17.2 Å². The number of rotatable bonds is 1. The lowest BCUT2D eigenvalue weighted by atomic mass is 10.4. The van der Waals surface area contributed by atoms with Crippen molar-refractivity contribution in [2.24, 2.45) is 5.73 Å². The molecule has 0 aliphatic carbocycles. The molecule has 15 heavy (non-hydrogen) atoms. The van der Waals surface area contributed by atoms with Gasteiger partial charge >= 0.3 is 0 Å². The normalized spacial score (nSPS) is 9.67. The first kappa shape index (κ1) is 11.8. The number of aromatic nitrogens is 2. The van der Waals surface area contributed by atoms with E-state index in [2.05, 4.69) is 27.5 Å². The molecule has 0 unspecified atom stereocenters. The maximum Gasteiger partial charge on any atom is 0.279 e. The number of nitrogen functional groups attached to an aromatic ring is 2. The van der Waals surface area contributed by atoms with Crippen molar-refractivity contribution in [3.63, 3.8) is 0 Å². The molecule has 0 atom stereocenters. The van der Waals surface area contributed by atoms with E-state index in [4.69, 9.17) is 17.2 Å². The molecule has 7 N–H and O–H groups in total. The minimum atomic E-state index is -0.606. The van der Waals surface area contributed by atoms with Crippen LogP contribution in [0.2, 0.25) is 0 Å². The highest BCUT2D eigenvalue weighted by Gasteiger charge is 2.15. The van der Waals surface area contributed by atoms with Crippen molar-refractivity contribution in [1.82, 2.24) is 15.3 Å². The second kappa shape index (κ2) is 4.53. The molecule has 1 aromatic heterocycles. The molecule has 1 rings (SSSR count). The van der Waals surface area contributed by atoms with Crippen LogP contribution in [0.25, 0.3) is 0 Å². The minimum absolute atomic E-state index is 0.0543. The highest BCUT2D eigenvalue weighted by atomic mass is 127. The van der Waals surface area contributed by atoms with Crippen LogP contribution in [0.15, 0.2) is 0 Å². The van der Waals surface area contributed by atoms with Crippen LogP contribution < -0.4 is 22.5 Å². The van der Waals surface area contributed by atoms with Gasteiger partial charge in [-0.1, -0.05) is 0 Å². The Balaban J connectivity index is 3.09. The summed E-state index contributed by atoms with van der Waals surface area (Å²) in [6.07, 6.45) is 0. The summed E-state index contributed by atoms with van der Waals surface area (Å²) in [7, 11) is 0. The van der Waals surface area contributed by atoms with Gasteiger partial charge in [0, 0.05) is 0 Å². The van der Waals surface area contributed by atoms with E-state index in [0.717, 1.165) is 0 Å². The summed E-state index contributed by atoms with van der Waals surface area (Å²) in [6, 6.07) is 0. The summed E-state index contributed by atoms with van der Waals surface area (Å²) in [5.41, 5.74) is 16.0. The summed E-state index contributed by atoms with van der Waals surface area (Å²) < 4.78 is 0.384. The Kier molecular flexibility index (Phi) is 3.57. The fourth-order valence-electron chi connectivity index (χ4n) is 0.780. The Morgan fingerprint density at radius 3 is 2.47 bits per heavy atom. The molecule has 0 aromatic carbocycles. The first-order valence-electron chi connectivity index (χ1n) is 3.61. The average Bonchev–Trinajstić information content (AvgIpc) is 2.09. The number of nitrogens with zero attached hydrogens (tertiary/aromatic N) is 2. The number of nitrogens with two attached hydrogens (primary N) is 3. The van der Waals surface area contributed by atoms with Gasteiger partial charge in [-0.25, -0.2) is 9.97 Å². The number of amides is 1. The van der Waals surface area contributed by atoms with Crippen LogP contribution in [0.5, 0.6) is 0 Å². The van der Waals surface area contributed by atoms with Crippen LogP contribution >= 0.6 is 34.8 Å². The lowest BCUT2D eigenvalue weighted by Crippen LogP contribution is -2.36. The molecule has 0 saturated carbocycles. The second-order valence-corrected chi connectivity index (χ2v) is 3.91. The molecule has 0 fully saturated rings. The number of nitrogens with one attached hydrogen (secondary N) is 1. The van der Waals surface area contributed by atoms with E-state index in [1.165, 1.54) is 0 Å². The fraction of sp³-hybridized carbons (Fsp3) is 0. The lowest BCUT2D eigenvalue weighted by molar-refractivity contribution is 0.0973. The Morgan fingerprint density at radius 1 is 1.33 bits per heavy atom. The first-order chi connectivity index (χ1) is 6.91. The molecule has 80 valence electrons. The predicted octanol–water partition coefficient (Wildman–Crippen LogP) is -0.781. The summed E-state index contributed by atoms with van der Waals surface area (Å²) in [5.74, 6) is -0.507. The summed E-state index contributed by atoms with van der Waals surface area (Å²) in [6.45, 7) is 0. The van der Waals surface area contributed by atoms with E-state index in [1.54, 1.807) is 0 Å². The van der Waals surface area contributed by atoms with Crippen LogP contribution in [-0.4, -0.2) is 21.0 Å². The van der Waals surface area contributed by atoms with Gasteiger partial charge in [0.15, 0.2) is 22.4 Å². The maximum atomic E-state index is 11.4. The van der Waals surface area contributed by atoms with Crippen LogP contribution in [0.1, 0.15) is 10.5 Å². The number of anilines is 2. The number of thiocarbonyl (C=S) groups is 1. The Labute approximate surface area is 104 Å². The lowest BCUT2D eigenvalue weighted by Gasteiger charge is -2.06. The highest BCUT2D eigenvalue weighted by molar-refractivity contribution is 14.1. The molecule has 0 saturated heterocycles. The topological polar surface area (TPSA) is 133 Å². The average molecular weight is 338 g/mol. The third kappa shape index (κ3) is 2.86. The molecule has 0 aliphatic heterocycles. The zero-order chi connectivity index (χ0) is 11.6. The van der Waals surface area contributed by atoms with Crippen molar-refractivity contribution in [3.05, 3.63) is 9.39 Å². The van der Waals surface area contributed by atoms with Gasteiger partial charge in [0.1, 0.15) is 3.70 Å². The first-order valence-corrected chi connectivity index (χ1v) is 5.09. The molecule has 1 amide bonds. The smallest absolute Gasteiger partial charge is 0.279 e. The minimum Gasteiger partial charge on any atom is -0.382 e. The SMILES string of the molecule is NC(=S)NC(=O)c1nc(I)c(N)nc1N. The molecule has 0 spiro atoms. The van der Waals surface area contributed by atoms with Crippen LogP contribution in [0.4, 0.5) is 11.6 Å². The Hall–Kier alpha value is -1.23. The molecule has 0 radical (unpaired) electrons. The zero-order valence-electron chi connectivity index (χ0n) is 7.32. The molecule has 7 nitrogen and oxygen atoms in total. The monoisotopic (exact) mass is 338 g/mol. The van der Waals surface area contributed by atoms with Gasteiger partial charge in [0.05, 0.1) is 0 Å². The van der Waals surface area contributed by atoms with Gasteiger partial charge in [0.2, 0.25) is 0 Å². The predicted molar refractivity (Wildman–Crippen MR) is 67.8 cm³/mol. The number of hydrogen-bond donors (Lipinski definition) is 4. The largest absolute Gasteiger partial charge is 0.382 e. The van der Waals surface area contributed by atoms with Gasteiger partial charge in [-0.2, -0.15) is 0 Å². The van der Waals surface area contributed by atoms with Crippen molar-refractivity contribution >= 4 is 57.5 Å². The number of carbonyl (C=O) groups excluding carboxylic acids is 1. The fourth-order valence-corrected chi connectivity index (χ4v) is 1.23. The molecular weight excluding hydrogens is 331 g/mol. The van der Waals surface area contributed by atoms with Crippen molar-refractivity contribution in [2.75, 3.05) is 11.5 Å². The molecule has 1 aromatic rings. The summed E-state index contributed by atoms with van der Waals surface area (Å²) in [5, 5.41) is 2.03. The quantitative estimate of drug-likeness (QED) is 0.390. The molecular formula is C6H7IN6OS. The van der Waals surface area contributed by atoms with Crippen LogP contribution in [0.3, 0.4) is 0 Å². The number of halogens is 1. The zero-order valence-corrected chi connectivity index (χ0v) is 10.3. The summed E-state index contributed by atoms with van der Waals surface area (Å²) in [4.78, 5) is 19.0. The van der Waals surface area contributed by atoms with E-state index < -0.39 is 5.91 Å². The van der Waals surface area contributed by atoms with Gasteiger partial charge in [0.25, 0.3) is 5.91 Å². The molecule has 0 aliphatic rings. The number of carbonyl (C=O) groups is 1. The van der Waals surface area contributed by atoms with Crippen molar-refractivity contribution in [2.45, 2.75) is 0 Å². The summed E-state index contributed by atoms with van der Waals surface area (Å²) >= 11 is 6.34. The third-order valence-corrected chi connectivity index (χ3v) is 2.25. The maximum absolute atomic E-state index is 11.4. The second-order valence-electron chi connectivity index (χ2n) is 2.45. The van der Waals surface area contributed by atoms with E-state index >= 15 is 0 Å². The van der Waals surface area contributed by atoms with Crippen molar-refractivity contribution < 1.29 is 4.79 Å². The highest BCUT2D eigenvalue weighted by Crippen LogP contribution is 2.14. The Morgan fingerprint density at radius 2 is 1.93 bits per heavy atom.